The number of unbranched alkanes of at least 4 members (excludes halogenated alkanes) is 3. The summed E-state index contributed by atoms with van der Waals surface area (Å²) >= 11 is 0. The molecule has 0 unspecified atom stereocenters. The molecule has 0 aromatic heterocycles. The summed E-state index contributed by atoms with van der Waals surface area (Å²) in [5.41, 5.74) is 3.36. The molecular weight excluding hydrogens is 1160 g/mol. The summed E-state index contributed by atoms with van der Waals surface area (Å²) in [7, 11) is 3.41. The van der Waals surface area contributed by atoms with Gasteiger partial charge in [0.05, 0.1) is 12.1 Å². The van der Waals surface area contributed by atoms with Crippen molar-refractivity contribution in [1.29, 1.82) is 0 Å². The number of carbonyl (C=O) groups excluding carboxylic acids is 8. The van der Waals surface area contributed by atoms with Gasteiger partial charge >= 0.3 is 0 Å². The summed E-state index contributed by atoms with van der Waals surface area (Å²) in [5, 5.41) is 32.1. The van der Waals surface area contributed by atoms with Crippen molar-refractivity contribution in [2.75, 3.05) is 40.3 Å². The van der Waals surface area contributed by atoms with Gasteiger partial charge in [-0.25, -0.2) is 0 Å². The van der Waals surface area contributed by atoms with Gasteiger partial charge in [0.1, 0.15) is 36.3 Å². The van der Waals surface area contributed by atoms with E-state index in [9.17, 15) is 38.4 Å². The number of benzene rings is 4. The first kappa shape index (κ1) is 71.5. The molecule has 0 spiro atoms. The summed E-state index contributed by atoms with van der Waals surface area (Å²) in [6.07, 6.45) is 14.0. The number of carbonyl (C=O) groups is 9. The molecule has 9 N–H and O–H groups in total. The lowest BCUT2D eigenvalue weighted by Crippen LogP contribution is -2.59. The fraction of sp³-hybridized carbons (Fsp3) is 0.542. The van der Waals surface area contributed by atoms with Crippen LogP contribution in [0.15, 0.2) is 121 Å². The van der Waals surface area contributed by atoms with Crippen LogP contribution in [0.3, 0.4) is 0 Å². The number of rotatable bonds is 29. The molecule has 92 heavy (non-hydrogen) atoms. The Hall–Kier alpha value is -7.97. The van der Waals surface area contributed by atoms with Crippen LogP contribution in [0.25, 0.3) is 0 Å². The third kappa shape index (κ3) is 20.3. The number of hydrogen-bond acceptors (Lipinski definition) is 11. The number of hydrogen-bond donors (Lipinski definition) is 9. The molecule has 2 saturated heterocycles. The van der Waals surface area contributed by atoms with Crippen molar-refractivity contribution in [3.63, 3.8) is 0 Å². The zero-order chi connectivity index (χ0) is 65.9. The third-order valence-electron chi connectivity index (χ3n) is 18.9. The second-order valence-electron chi connectivity index (χ2n) is 25.3. The highest BCUT2D eigenvalue weighted by atomic mass is 16.4. The van der Waals surface area contributed by atoms with E-state index in [1.165, 1.54) is 0 Å². The minimum Gasteiger partial charge on any atom is -0.481 e. The summed E-state index contributed by atoms with van der Waals surface area (Å²) in [6, 6.07) is 32.3. The molecule has 4 fully saturated rings. The molecule has 8 atom stereocenters. The summed E-state index contributed by atoms with van der Waals surface area (Å²) in [5.74, 6) is -4.67. The van der Waals surface area contributed by atoms with Crippen LogP contribution < -0.4 is 42.5 Å². The normalized spacial score (nSPS) is 18.8. The van der Waals surface area contributed by atoms with Gasteiger partial charge in [-0.2, -0.15) is 0 Å². The van der Waals surface area contributed by atoms with E-state index in [2.05, 4.69) is 42.5 Å². The molecule has 4 aromatic carbocycles. The van der Waals surface area contributed by atoms with Crippen LogP contribution in [-0.4, -0.2) is 157 Å². The number of nitrogens with one attached hydrogen (secondary N) is 8. The predicted molar refractivity (Wildman–Crippen MR) is 355 cm³/mol. The second kappa shape index (κ2) is 36.9. The van der Waals surface area contributed by atoms with E-state index in [0.717, 1.165) is 106 Å². The molecule has 20 nitrogen and oxygen atoms in total. The topological polar surface area (TPSA) is 277 Å². The van der Waals surface area contributed by atoms with Crippen LogP contribution in [0.4, 0.5) is 0 Å². The zero-order valence-corrected chi connectivity index (χ0v) is 54.5. The van der Waals surface area contributed by atoms with Gasteiger partial charge in [-0.1, -0.05) is 173 Å². The first-order chi connectivity index (χ1) is 44.5. The van der Waals surface area contributed by atoms with Crippen LogP contribution in [0.5, 0.6) is 0 Å². The molecule has 2 aliphatic heterocycles. The quantitative estimate of drug-likeness (QED) is 0.0253. The van der Waals surface area contributed by atoms with Crippen LogP contribution >= 0.6 is 0 Å². The van der Waals surface area contributed by atoms with Crippen LogP contribution in [0.2, 0.25) is 0 Å². The minimum atomic E-state index is -1.05. The number of amides is 8. The van der Waals surface area contributed by atoms with Crippen molar-refractivity contribution >= 4 is 53.2 Å². The average Bonchev–Trinajstić information content (AvgIpc) is 1.37. The second-order valence-corrected chi connectivity index (χ2v) is 25.3. The lowest BCUT2D eigenvalue weighted by atomic mass is 9.83. The Labute approximate surface area is 543 Å². The van der Waals surface area contributed by atoms with Gasteiger partial charge < -0.3 is 57.4 Å². The highest BCUT2D eigenvalue weighted by molar-refractivity contribution is 5.97. The number of carboxylic acid groups (broad SMARTS) is 1. The molecule has 2 aliphatic carbocycles. The third-order valence-corrected chi connectivity index (χ3v) is 18.9. The van der Waals surface area contributed by atoms with Crippen molar-refractivity contribution in [3.8, 4) is 0 Å². The van der Waals surface area contributed by atoms with Crippen LogP contribution in [0, 0.1) is 11.8 Å². The fourth-order valence-corrected chi connectivity index (χ4v) is 13.6. The van der Waals surface area contributed by atoms with E-state index in [4.69, 9.17) is 9.90 Å². The number of likely N-dealkylation sites (N-methyl/N-ethyl adjacent to an activating group) is 2. The first-order valence-corrected chi connectivity index (χ1v) is 33.6. The van der Waals surface area contributed by atoms with Crippen molar-refractivity contribution < 1.29 is 48.3 Å². The van der Waals surface area contributed by atoms with Crippen molar-refractivity contribution in [2.45, 2.75) is 197 Å². The van der Waals surface area contributed by atoms with Crippen LogP contribution in [-0.2, 0) is 43.2 Å². The van der Waals surface area contributed by atoms with Gasteiger partial charge in [-0.15, -0.1) is 0 Å². The molecule has 2 heterocycles. The Morgan fingerprint density at radius 1 is 0.424 bits per heavy atom. The molecule has 8 amide bonds. The highest BCUT2D eigenvalue weighted by Crippen LogP contribution is 2.34. The Bertz CT molecular complexity index is 2720. The van der Waals surface area contributed by atoms with E-state index in [0.29, 0.717) is 64.7 Å². The van der Waals surface area contributed by atoms with Crippen molar-refractivity contribution in [3.05, 3.63) is 144 Å². The summed E-state index contributed by atoms with van der Waals surface area (Å²) in [6.45, 7) is 5.97. The molecule has 2 saturated carbocycles. The Morgan fingerprint density at radius 2 is 0.728 bits per heavy atom. The zero-order valence-electron chi connectivity index (χ0n) is 54.5. The van der Waals surface area contributed by atoms with E-state index < -0.39 is 78.0 Å². The molecular formula is C72H100N10O10. The lowest BCUT2D eigenvalue weighted by molar-refractivity contribution is -0.143. The maximum Gasteiger partial charge on any atom is 0.300 e. The van der Waals surface area contributed by atoms with E-state index in [1.807, 2.05) is 121 Å². The van der Waals surface area contributed by atoms with Crippen molar-refractivity contribution in [1.82, 2.24) is 52.3 Å². The maximum atomic E-state index is 14.8. The van der Waals surface area contributed by atoms with Crippen molar-refractivity contribution in [2.24, 2.45) is 11.8 Å². The predicted octanol–water partition coefficient (Wildman–Crippen LogP) is 6.83. The number of carboxylic acids is 1. The summed E-state index contributed by atoms with van der Waals surface area (Å²) < 4.78 is 0. The van der Waals surface area contributed by atoms with Gasteiger partial charge in [-0.3, -0.25) is 43.2 Å². The number of aliphatic carboxylic acids is 1. The van der Waals surface area contributed by atoms with Crippen LogP contribution in [0.1, 0.15) is 170 Å². The molecule has 498 valence electrons. The van der Waals surface area contributed by atoms with Gasteiger partial charge in [-0.05, 0) is 126 Å². The Balaban J connectivity index is 0.00000291. The fourth-order valence-electron chi connectivity index (χ4n) is 13.6. The molecule has 0 radical (unpaired) electrons. The monoisotopic (exact) mass is 1260 g/mol. The molecule has 20 heteroatoms. The van der Waals surface area contributed by atoms with Gasteiger partial charge in [0, 0.05) is 44.9 Å². The standard InChI is InChI=1S/C70H96N10O8.C2H4O2/c1-47(71-3)63(81)75-59(53-37-21-11-22-38-53)69(87)79-45-27-41-55(79)65(83)77-61(57(49-29-13-7-14-30-49)50-31-15-8-16-32-50)67(85)73-43-25-5-6-26-44-74-68(86)62(58(51-33-17-9-18-34-51)52-35-19-10-20-36-52)78-66(84)56-42-28-46-80(56)70(88)60(54-39-23-12-24-40-54)76-64(82)48(2)72-4;1-2(3)4/h7-10,13-20,29-36,47-48,53-62,71-72H,5-6,11-12,21-28,37-46H2,1-4H3,(H,73,85)(H,74,86)(H,75,81)(H,76,82)(H,77,83)(H,78,84);1H3,(H,3,4)/t47-,48-,55-,56-,59-,60+,61-,62-;/m0./s1. The highest BCUT2D eigenvalue weighted by Gasteiger charge is 2.45. The Morgan fingerprint density at radius 3 is 1.02 bits per heavy atom. The largest absolute Gasteiger partial charge is 0.481 e. The van der Waals surface area contributed by atoms with E-state index in [-0.39, 0.29) is 47.3 Å². The molecule has 4 aromatic rings. The van der Waals surface area contributed by atoms with E-state index >= 15 is 0 Å². The average molecular weight is 1270 g/mol. The Kier molecular flexibility index (Phi) is 28.7. The smallest absolute Gasteiger partial charge is 0.300 e. The maximum absolute atomic E-state index is 14.8. The molecule has 4 aliphatic rings. The van der Waals surface area contributed by atoms with Gasteiger partial charge in [0.25, 0.3) is 5.97 Å². The van der Waals surface area contributed by atoms with Gasteiger partial charge in [0.15, 0.2) is 0 Å². The first-order valence-electron chi connectivity index (χ1n) is 33.6. The number of nitrogens with zero attached hydrogens (tertiary/aromatic N) is 2. The number of likely N-dealkylation sites (tertiary alicyclic amines) is 2. The lowest BCUT2D eigenvalue weighted by Gasteiger charge is -2.36. The van der Waals surface area contributed by atoms with Gasteiger partial charge in [0.2, 0.25) is 47.3 Å². The molecule has 0 bridgehead atoms. The van der Waals surface area contributed by atoms with E-state index in [1.54, 1.807) is 37.7 Å². The SMILES string of the molecule is CC(=O)O.CN[C@@H](C)C(=O)N[C@H](C(=O)N1CCC[C@H]1C(=O)N[C@H](C(=O)NCCCCCCNC(=O)[C@@H](NC(=O)[C@@H]1CCCN1C(=O)[C@H](NC(=O)[C@H](C)NC)C1CCCCC1)C(c1ccccc1)c1ccccc1)C(c1ccccc1)c1ccccc1)C1CCCCC1. The summed E-state index contributed by atoms with van der Waals surface area (Å²) in [4.78, 5) is 127. The molecule has 8 rings (SSSR count). The minimum absolute atomic E-state index is 0.0457.